The summed E-state index contributed by atoms with van der Waals surface area (Å²) in [5.74, 6) is -0.676. The highest BCUT2D eigenvalue weighted by molar-refractivity contribution is 5.95. The quantitative estimate of drug-likeness (QED) is 0.698. The van der Waals surface area contributed by atoms with Gasteiger partial charge >= 0.3 is 0 Å². The van der Waals surface area contributed by atoms with Crippen molar-refractivity contribution in [1.29, 1.82) is 0 Å². The Morgan fingerprint density at radius 3 is 2.44 bits per heavy atom. The van der Waals surface area contributed by atoms with E-state index >= 15 is 0 Å². The summed E-state index contributed by atoms with van der Waals surface area (Å²) in [7, 11) is 0. The third kappa shape index (κ3) is 5.86. The summed E-state index contributed by atoms with van der Waals surface area (Å²) in [4.78, 5) is 37.2. The van der Waals surface area contributed by atoms with E-state index in [0.29, 0.717) is 31.6 Å². The first-order valence-corrected chi connectivity index (χ1v) is 8.44. The van der Waals surface area contributed by atoms with Gasteiger partial charge < -0.3 is 5.32 Å². The number of amides is 3. The second-order valence-corrected chi connectivity index (χ2v) is 7.21. The highest BCUT2D eigenvalue weighted by atomic mass is 16.2. The molecule has 25 heavy (non-hydrogen) atoms. The lowest BCUT2D eigenvalue weighted by atomic mass is 9.87. The smallest absolute Gasteiger partial charge is 0.269 e. The van der Waals surface area contributed by atoms with Crippen molar-refractivity contribution in [2.45, 2.75) is 32.6 Å². The molecule has 1 aliphatic heterocycles. The average Bonchev–Trinajstić information content (AvgIpc) is 2.76. The number of rotatable bonds is 3. The molecular formula is C18H26N4O3. The highest BCUT2D eigenvalue weighted by Crippen LogP contribution is 2.22. The normalized spacial score (nSPS) is 15.9. The summed E-state index contributed by atoms with van der Waals surface area (Å²) in [6, 6.07) is 7.32. The van der Waals surface area contributed by atoms with Gasteiger partial charge in [0, 0.05) is 31.6 Å². The van der Waals surface area contributed by atoms with Gasteiger partial charge in [-0.05, 0) is 23.1 Å². The van der Waals surface area contributed by atoms with Crippen molar-refractivity contribution in [1.82, 2.24) is 21.1 Å². The third-order valence-electron chi connectivity index (χ3n) is 4.10. The van der Waals surface area contributed by atoms with Gasteiger partial charge in [-0.25, -0.2) is 0 Å². The first kappa shape index (κ1) is 18.9. The zero-order valence-corrected chi connectivity index (χ0v) is 15.0. The molecule has 2 rings (SSSR count). The standard InChI is InChI=1S/C18H26N4O3/c1-18(2,3)14-6-4-13(5-7-14)17(25)21-20-16(24)12-22-10-8-15(23)19-9-11-22/h4-7H,8-12H2,1-3H3,(H,19,23)(H,20,24)(H,21,25). The molecule has 1 saturated heterocycles. The Kier molecular flexibility index (Phi) is 6.14. The minimum atomic E-state index is -0.360. The van der Waals surface area contributed by atoms with E-state index in [1.165, 1.54) is 0 Å². The van der Waals surface area contributed by atoms with Crippen LogP contribution in [0.25, 0.3) is 0 Å². The second-order valence-electron chi connectivity index (χ2n) is 7.21. The molecule has 7 heteroatoms. The molecule has 0 radical (unpaired) electrons. The average molecular weight is 346 g/mol. The molecule has 0 spiro atoms. The van der Waals surface area contributed by atoms with Crippen LogP contribution in [0.2, 0.25) is 0 Å². The van der Waals surface area contributed by atoms with Crippen molar-refractivity contribution in [3.05, 3.63) is 35.4 Å². The van der Waals surface area contributed by atoms with Crippen LogP contribution in [0.3, 0.4) is 0 Å². The molecule has 1 fully saturated rings. The first-order chi connectivity index (χ1) is 11.8. The molecule has 3 amide bonds. The van der Waals surface area contributed by atoms with Crippen LogP contribution >= 0.6 is 0 Å². The topological polar surface area (TPSA) is 90.5 Å². The second kappa shape index (κ2) is 8.11. The van der Waals surface area contributed by atoms with E-state index in [2.05, 4.69) is 36.9 Å². The maximum atomic E-state index is 12.1. The van der Waals surface area contributed by atoms with Gasteiger partial charge in [0.05, 0.1) is 6.54 Å². The Balaban J connectivity index is 1.81. The zero-order chi connectivity index (χ0) is 18.4. The van der Waals surface area contributed by atoms with Crippen LogP contribution in [0.15, 0.2) is 24.3 Å². The summed E-state index contributed by atoms with van der Waals surface area (Å²) < 4.78 is 0. The SMILES string of the molecule is CC(C)(C)c1ccc(C(=O)NNC(=O)CN2CCNC(=O)CC2)cc1. The summed E-state index contributed by atoms with van der Waals surface area (Å²) in [5, 5.41) is 2.75. The van der Waals surface area contributed by atoms with Gasteiger partial charge in [0.15, 0.2) is 0 Å². The van der Waals surface area contributed by atoms with E-state index in [4.69, 9.17) is 0 Å². The molecule has 0 unspecified atom stereocenters. The summed E-state index contributed by atoms with van der Waals surface area (Å²) >= 11 is 0. The molecule has 1 aliphatic rings. The number of benzene rings is 1. The van der Waals surface area contributed by atoms with Crippen LogP contribution in [-0.2, 0) is 15.0 Å². The van der Waals surface area contributed by atoms with E-state index < -0.39 is 0 Å². The minimum absolute atomic E-state index is 0.00471. The van der Waals surface area contributed by atoms with Crippen LogP contribution in [0.1, 0.15) is 43.1 Å². The zero-order valence-electron chi connectivity index (χ0n) is 15.0. The molecule has 3 N–H and O–H groups in total. The van der Waals surface area contributed by atoms with Crippen molar-refractivity contribution in [3.8, 4) is 0 Å². The van der Waals surface area contributed by atoms with Gasteiger partial charge in [-0.1, -0.05) is 32.9 Å². The maximum absolute atomic E-state index is 12.1. The van der Waals surface area contributed by atoms with Crippen LogP contribution in [-0.4, -0.2) is 48.8 Å². The number of nitrogens with zero attached hydrogens (tertiary/aromatic N) is 1. The Hall–Kier alpha value is -2.41. The van der Waals surface area contributed by atoms with E-state index in [0.717, 1.165) is 5.56 Å². The van der Waals surface area contributed by atoms with Crippen LogP contribution in [0.5, 0.6) is 0 Å². The monoisotopic (exact) mass is 346 g/mol. The van der Waals surface area contributed by atoms with Gasteiger partial charge in [0.2, 0.25) is 5.91 Å². The summed E-state index contributed by atoms with van der Waals surface area (Å²) in [6.07, 6.45) is 0.375. The fourth-order valence-electron chi connectivity index (χ4n) is 2.53. The van der Waals surface area contributed by atoms with E-state index in [1.54, 1.807) is 12.1 Å². The minimum Gasteiger partial charge on any atom is -0.355 e. The van der Waals surface area contributed by atoms with Gasteiger partial charge in [0.1, 0.15) is 0 Å². The lowest BCUT2D eigenvalue weighted by molar-refractivity contribution is -0.123. The largest absolute Gasteiger partial charge is 0.355 e. The molecule has 0 bridgehead atoms. The van der Waals surface area contributed by atoms with Crippen molar-refractivity contribution in [2.24, 2.45) is 0 Å². The molecule has 7 nitrogen and oxygen atoms in total. The van der Waals surface area contributed by atoms with Crippen molar-refractivity contribution >= 4 is 17.7 Å². The molecule has 1 aromatic carbocycles. The van der Waals surface area contributed by atoms with E-state index in [9.17, 15) is 14.4 Å². The van der Waals surface area contributed by atoms with Gasteiger partial charge in [0.25, 0.3) is 11.8 Å². The molecule has 136 valence electrons. The lowest BCUT2D eigenvalue weighted by Gasteiger charge is -2.19. The number of carbonyl (C=O) groups is 3. The van der Waals surface area contributed by atoms with Gasteiger partial charge in [-0.3, -0.25) is 30.1 Å². The van der Waals surface area contributed by atoms with Crippen molar-refractivity contribution in [2.75, 3.05) is 26.2 Å². The predicted molar refractivity (Wildman–Crippen MR) is 94.8 cm³/mol. The third-order valence-corrected chi connectivity index (χ3v) is 4.10. The summed E-state index contributed by atoms with van der Waals surface area (Å²) in [6.45, 7) is 8.12. The number of carbonyl (C=O) groups excluding carboxylic acids is 3. The molecular weight excluding hydrogens is 320 g/mol. The fraction of sp³-hybridized carbons (Fsp3) is 0.500. The molecule has 0 saturated carbocycles. The Bertz CT molecular complexity index is 635. The summed E-state index contributed by atoms with van der Waals surface area (Å²) in [5.41, 5.74) is 6.48. The highest BCUT2D eigenvalue weighted by Gasteiger charge is 2.17. The molecule has 0 aliphatic carbocycles. The Labute approximate surface area is 148 Å². The molecule has 1 heterocycles. The van der Waals surface area contributed by atoms with Crippen LogP contribution in [0, 0.1) is 0 Å². The van der Waals surface area contributed by atoms with Crippen LogP contribution < -0.4 is 16.2 Å². The Morgan fingerprint density at radius 1 is 1.12 bits per heavy atom. The predicted octanol–water partition coefficient (Wildman–Crippen LogP) is 0.567. The molecule has 0 atom stereocenters. The molecule has 0 aromatic heterocycles. The van der Waals surface area contributed by atoms with Gasteiger partial charge in [-0.15, -0.1) is 0 Å². The van der Waals surface area contributed by atoms with E-state index in [1.807, 2.05) is 17.0 Å². The van der Waals surface area contributed by atoms with Gasteiger partial charge in [-0.2, -0.15) is 0 Å². The molecule has 1 aromatic rings. The maximum Gasteiger partial charge on any atom is 0.269 e. The Morgan fingerprint density at radius 2 is 1.80 bits per heavy atom. The van der Waals surface area contributed by atoms with Crippen molar-refractivity contribution < 1.29 is 14.4 Å². The first-order valence-electron chi connectivity index (χ1n) is 8.44. The number of hydrogen-bond acceptors (Lipinski definition) is 4. The fourth-order valence-corrected chi connectivity index (χ4v) is 2.53. The van der Waals surface area contributed by atoms with Crippen LogP contribution in [0.4, 0.5) is 0 Å². The number of nitrogens with one attached hydrogen (secondary N) is 3. The van der Waals surface area contributed by atoms with E-state index in [-0.39, 0.29) is 29.7 Å². The number of hydrazine groups is 1. The van der Waals surface area contributed by atoms with Crippen molar-refractivity contribution in [3.63, 3.8) is 0 Å². The number of hydrogen-bond donors (Lipinski definition) is 3. The lowest BCUT2D eigenvalue weighted by Crippen LogP contribution is -2.47.